The third-order valence-electron chi connectivity index (χ3n) is 3.20. The van der Waals surface area contributed by atoms with E-state index in [0.717, 1.165) is 24.0 Å². The van der Waals surface area contributed by atoms with Crippen LogP contribution in [0, 0.1) is 5.82 Å². The first-order valence-electron chi connectivity index (χ1n) is 6.55. The van der Waals surface area contributed by atoms with Crippen LogP contribution >= 0.6 is 0 Å². The summed E-state index contributed by atoms with van der Waals surface area (Å²) in [6, 6.07) is 14.6. The molecule has 0 aromatic heterocycles. The number of nitrogens with two attached hydrogens (primary N) is 1. The highest BCUT2D eigenvalue weighted by atomic mass is 19.1. The summed E-state index contributed by atoms with van der Waals surface area (Å²) in [4.78, 5) is 0. The summed E-state index contributed by atoms with van der Waals surface area (Å²) < 4.78 is 13.3. The first-order chi connectivity index (χ1) is 9.24. The normalized spacial score (nSPS) is 12.4. The summed E-state index contributed by atoms with van der Waals surface area (Å²) in [5.74, 6) is 5.36. The predicted molar refractivity (Wildman–Crippen MR) is 76.0 cm³/mol. The van der Waals surface area contributed by atoms with Crippen molar-refractivity contribution in [3.8, 4) is 0 Å². The van der Waals surface area contributed by atoms with Gasteiger partial charge in [-0.2, -0.15) is 0 Å². The smallest absolute Gasteiger partial charge is 0.123 e. The van der Waals surface area contributed by atoms with Crippen LogP contribution in [0.3, 0.4) is 0 Å². The van der Waals surface area contributed by atoms with E-state index in [2.05, 4.69) is 24.5 Å². The first kappa shape index (κ1) is 13.7. The van der Waals surface area contributed by atoms with Crippen LogP contribution in [0.4, 0.5) is 4.39 Å². The molecule has 19 heavy (non-hydrogen) atoms. The number of hydrogen-bond acceptors (Lipinski definition) is 2. The summed E-state index contributed by atoms with van der Waals surface area (Å²) in [6.07, 6.45) is 2.20. The Balaban J connectivity index is 2.26. The van der Waals surface area contributed by atoms with E-state index in [9.17, 15) is 4.39 Å². The lowest BCUT2D eigenvalue weighted by Gasteiger charge is -2.17. The number of aryl methyl sites for hydroxylation is 1. The van der Waals surface area contributed by atoms with E-state index < -0.39 is 0 Å². The quantitative estimate of drug-likeness (QED) is 0.637. The molecule has 0 saturated carbocycles. The molecule has 0 spiro atoms. The number of rotatable bonds is 5. The maximum absolute atomic E-state index is 13.3. The van der Waals surface area contributed by atoms with E-state index in [0.29, 0.717) is 0 Å². The van der Waals surface area contributed by atoms with Gasteiger partial charge in [0, 0.05) is 0 Å². The summed E-state index contributed by atoms with van der Waals surface area (Å²) in [6.45, 7) is 2.16. The standard InChI is InChI=1S/C16H19FN2/c1-2-4-12-7-9-13(10-8-12)16(19-18)14-5-3-6-15(17)11-14/h3,5-11,16,19H,2,4,18H2,1H3. The van der Waals surface area contributed by atoms with Gasteiger partial charge in [0.2, 0.25) is 0 Å². The molecule has 2 aromatic rings. The topological polar surface area (TPSA) is 38.0 Å². The molecule has 2 rings (SSSR count). The van der Waals surface area contributed by atoms with Crippen molar-refractivity contribution in [1.29, 1.82) is 0 Å². The lowest BCUT2D eigenvalue weighted by Crippen LogP contribution is -2.28. The summed E-state index contributed by atoms with van der Waals surface area (Å²) in [5.41, 5.74) is 5.91. The third kappa shape index (κ3) is 3.40. The number of hydrogen-bond donors (Lipinski definition) is 2. The highest BCUT2D eigenvalue weighted by Gasteiger charge is 2.12. The predicted octanol–water partition coefficient (Wildman–Crippen LogP) is 3.33. The Kier molecular flexibility index (Phi) is 4.66. The highest BCUT2D eigenvalue weighted by Crippen LogP contribution is 2.22. The molecule has 0 saturated heterocycles. The molecule has 2 nitrogen and oxygen atoms in total. The van der Waals surface area contributed by atoms with Gasteiger partial charge < -0.3 is 0 Å². The fraction of sp³-hybridized carbons (Fsp3) is 0.250. The zero-order chi connectivity index (χ0) is 13.7. The van der Waals surface area contributed by atoms with Gasteiger partial charge in [0.15, 0.2) is 0 Å². The van der Waals surface area contributed by atoms with Crippen LogP contribution in [-0.4, -0.2) is 0 Å². The van der Waals surface area contributed by atoms with Crippen molar-refractivity contribution < 1.29 is 4.39 Å². The van der Waals surface area contributed by atoms with Crippen molar-refractivity contribution >= 4 is 0 Å². The summed E-state index contributed by atoms with van der Waals surface area (Å²) in [7, 11) is 0. The second-order valence-electron chi connectivity index (χ2n) is 4.65. The number of halogens is 1. The number of hydrazine groups is 1. The van der Waals surface area contributed by atoms with E-state index in [-0.39, 0.29) is 11.9 Å². The van der Waals surface area contributed by atoms with Gasteiger partial charge in [0.05, 0.1) is 6.04 Å². The lowest BCUT2D eigenvalue weighted by molar-refractivity contribution is 0.605. The van der Waals surface area contributed by atoms with Crippen molar-refractivity contribution in [2.75, 3.05) is 0 Å². The molecule has 0 amide bonds. The first-order valence-corrected chi connectivity index (χ1v) is 6.55. The van der Waals surface area contributed by atoms with Gasteiger partial charge in [-0.25, -0.2) is 9.82 Å². The van der Waals surface area contributed by atoms with E-state index >= 15 is 0 Å². The van der Waals surface area contributed by atoms with Crippen molar-refractivity contribution in [3.63, 3.8) is 0 Å². The van der Waals surface area contributed by atoms with Crippen LogP contribution in [0.5, 0.6) is 0 Å². The molecule has 0 radical (unpaired) electrons. The van der Waals surface area contributed by atoms with Crippen molar-refractivity contribution in [3.05, 3.63) is 71.0 Å². The Morgan fingerprint density at radius 3 is 2.42 bits per heavy atom. The Labute approximate surface area is 113 Å². The number of benzene rings is 2. The minimum Gasteiger partial charge on any atom is -0.271 e. The highest BCUT2D eigenvalue weighted by molar-refractivity contribution is 5.33. The zero-order valence-corrected chi connectivity index (χ0v) is 11.1. The molecule has 0 fully saturated rings. The maximum atomic E-state index is 13.3. The van der Waals surface area contributed by atoms with Crippen molar-refractivity contribution in [2.45, 2.75) is 25.8 Å². The molecule has 0 aliphatic rings. The molecule has 2 aromatic carbocycles. The van der Waals surface area contributed by atoms with Crippen LogP contribution in [-0.2, 0) is 6.42 Å². The molecule has 3 heteroatoms. The fourth-order valence-corrected chi connectivity index (χ4v) is 2.24. The summed E-state index contributed by atoms with van der Waals surface area (Å²) in [5, 5.41) is 0. The maximum Gasteiger partial charge on any atom is 0.123 e. The average molecular weight is 258 g/mol. The molecule has 0 bridgehead atoms. The van der Waals surface area contributed by atoms with Crippen molar-refractivity contribution in [1.82, 2.24) is 5.43 Å². The SMILES string of the molecule is CCCc1ccc(C(NN)c2cccc(F)c2)cc1. The minimum atomic E-state index is -0.250. The van der Waals surface area contributed by atoms with Crippen LogP contribution in [0.1, 0.15) is 36.1 Å². The van der Waals surface area contributed by atoms with Crippen LogP contribution in [0.25, 0.3) is 0 Å². The molecule has 1 atom stereocenters. The van der Waals surface area contributed by atoms with E-state index in [1.54, 1.807) is 6.07 Å². The van der Waals surface area contributed by atoms with Crippen LogP contribution in [0.2, 0.25) is 0 Å². The summed E-state index contributed by atoms with van der Waals surface area (Å²) >= 11 is 0. The Morgan fingerprint density at radius 1 is 1.11 bits per heavy atom. The molecule has 0 aliphatic carbocycles. The van der Waals surface area contributed by atoms with Gasteiger partial charge >= 0.3 is 0 Å². The van der Waals surface area contributed by atoms with Crippen LogP contribution in [0.15, 0.2) is 48.5 Å². The third-order valence-corrected chi connectivity index (χ3v) is 3.20. The van der Waals surface area contributed by atoms with E-state index in [4.69, 9.17) is 5.84 Å². The van der Waals surface area contributed by atoms with Gasteiger partial charge in [0.25, 0.3) is 0 Å². The number of nitrogens with one attached hydrogen (secondary N) is 1. The molecule has 0 heterocycles. The molecular formula is C16H19FN2. The molecular weight excluding hydrogens is 239 g/mol. The van der Waals surface area contributed by atoms with Gasteiger partial charge in [-0.1, -0.05) is 49.7 Å². The Hall–Kier alpha value is -1.71. The van der Waals surface area contributed by atoms with Gasteiger partial charge in [-0.05, 0) is 35.2 Å². The second kappa shape index (κ2) is 6.45. The van der Waals surface area contributed by atoms with Crippen LogP contribution < -0.4 is 11.3 Å². The minimum absolute atomic E-state index is 0.189. The van der Waals surface area contributed by atoms with Crippen molar-refractivity contribution in [2.24, 2.45) is 5.84 Å². The van der Waals surface area contributed by atoms with Gasteiger partial charge in [-0.3, -0.25) is 5.84 Å². The molecule has 100 valence electrons. The zero-order valence-electron chi connectivity index (χ0n) is 11.1. The molecule has 3 N–H and O–H groups in total. The lowest BCUT2D eigenvalue weighted by atomic mass is 9.97. The monoisotopic (exact) mass is 258 g/mol. The fourth-order valence-electron chi connectivity index (χ4n) is 2.24. The Morgan fingerprint density at radius 2 is 1.84 bits per heavy atom. The average Bonchev–Trinajstić information content (AvgIpc) is 2.42. The van der Waals surface area contributed by atoms with E-state index in [1.165, 1.54) is 17.7 Å². The van der Waals surface area contributed by atoms with E-state index in [1.807, 2.05) is 18.2 Å². The largest absolute Gasteiger partial charge is 0.271 e. The molecule has 1 unspecified atom stereocenters. The van der Waals surface area contributed by atoms with Gasteiger partial charge in [0.1, 0.15) is 5.82 Å². The molecule has 0 aliphatic heterocycles. The second-order valence-corrected chi connectivity index (χ2v) is 4.65. The van der Waals surface area contributed by atoms with Gasteiger partial charge in [-0.15, -0.1) is 0 Å². The Bertz CT molecular complexity index is 523.